The minimum absolute atomic E-state index is 0.00375. The smallest absolute Gasteiger partial charge is 0.223 e. The maximum absolute atomic E-state index is 13.2. The SMILES string of the molecule is CC(CC(=O)N1CCCNCC1)C(=O)c1cccc(F)c1. The molecule has 2 rings (SSSR count). The number of hydrogen-bond donors (Lipinski definition) is 1. The topological polar surface area (TPSA) is 49.4 Å². The van der Waals surface area contributed by atoms with Crippen LogP contribution in [0.5, 0.6) is 0 Å². The summed E-state index contributed by atoms with van der Waals surface area (Å²) in [5, 5.41) is 3.24. The first kappa shape index (κ1) is 15.6. The molecule has 0 aliphatic carbocycles. The van der Waals surface area contributed by atoms with Crippen molar-refractivity contribution in [2.75, 3.05) is 26.2 Å². The average molecular weight is 292 g/mol. The Morgan fingerprint density at radius 3 is 2.90 bits per heavy atom. The monoisotopic (exact) mass is 292 g/mol. The van der Waals surface area contributed by atoms with E-state index in [2.05, 4.69) is 5.32 Å². The summed E-state index contributed by atoms with van der Waals surface area (Å²) in [6.45, 7) is 4.84. The van der Waals surface area contributed by atoms with Crippen molar-refractivity contribution in [1.29, 1.82) is 0 Å². The van der Waals surface area contributed by atoms with E-state index in [1.165, 1.54) is 18.2 Å². The first-order chi connectivity index (χ1) is 10.1. The van der Waals surface area contributed by atoms with Gasteiger partial charge in [-0.25, -0.2) is 4.39 Å². The third-order valence-electron chi connectivity index (χ3n) is 3.73. The van der Waals surface area contributed by atoms with Gasteiger partial charge < -0.3 is 10.2 Å². The molecule has 1 fully saturated rings. The van der Waals surface area contributed by atoms with Crippen LogP contribution in [0, 0.1) is 11.7 Å². The molecule has 1 atom stereocenters. The third kappa shape index (κ3) is 4.36. The van der Waals surface area contributed by atoms with Crippen LogP contribution in [0.25, 0.3) is 0 Å². The first-order valence-corrected chi connectivity index (χ1v) is 7.36. The summed E-state index contributed by atoms with van der Waals surface area (Å²) in [6.07, 6.45) is 1.10. The minimum Gasteiger partial charge on any atom is -0.341 e. The van der Waals surface area contributed by atoms with Gasteiger partial charge in [-0.2, -0.15) is 0 Å². The molecule has 1 aliphatic rings. The Labute approximate surface area is 124 Å². The highest BCUT2D eigenvalue weighted by Crippen LogP contribution is 2.15. The Bertz CT molecular complexity index is 511. The van der Waals surface area contributed by atoms with Crippen molar-refractivity contribution in [3.05, 3.63) is 35.6 Å². The molecule has 5 heteroatoms. The molecule has 114 valence electrons. The van der Waals surface area contributed by atoms with Crippen molar-refractivity contribution in [2.45, 2.75) is 19.8 Å². The van der Waals surface area contributed by atoms with Gasteiger partial charge in [-0.05, 0) is 25.1 Å². The number of carbonyl (C=O) groups excluding carboxylic acids is 2. The van der Waals surface area contributed by atoms with Crippen LogP contribution in [-0.2, 0) is 4.79 Å². The summed E-state index contributed by atoms with van der Waals surface area (Å²) in [4.78, 5) is 26.3. The van der Waals surface area contributed by atoms with E-state index in [0.717, 1.165) is 26.1 Å². The highest BCUT2D eigenvalue weighted by Gasteiger charge is 2.22. The maximum atomic E-state index is 13.2. The highest BCUT2D eigenvalue weighted by molar-refractivity contribution is 5.99. The van der Waals surface area contributed by atoms with E-state index in [0.29, 0.717) is 12.1 Å². The Balaban J connectivity index is 1.95. The predicted molar refractivity (Wildman–Crippen MR) is 78.6 cm³/mol. The fourth-order valence-corrected chi connectivity index (χ4v) is 2.51. The molecule has 0 bridgehead atoms. The Kier molecular flexibility index (Phi) is 5.44. The Hall–Kier alpha value is -1.75. The number of hydrogen-bond acceptors (Lipinski definition) is 3. The summed E-state index contributed by atoms with van der Waals surface area (Å²) in [7, 11) is 0. The van der Waals surface area contributed by atoms with Crippen molar-refractivity contribution in [1.82, 2.24) is 10.2 Å². The second-order valence-electron chi connectivity index (χ2n) is 5.46. The van der Waals surface area contributed by atoms with Crippen molar-refractivity contribution < 1.29 is 14.0 Å². The number of halogens is 1. The molecule has 1 saturated heterocycles. The number of ketones is 1. The largest absolute Gasteiger partial charge is 0.341 e. The first-order valence-electron chi connectivity index (χ1n) is 7.36. The quantitative estimate of drug-likeness (QED) is 0.862. The minimum atomic E-state index is -0.435. The normalized spacial score (nSPS) is 17.1. The van der Waals surface area contributed by atoms with E-state index in [-0.39, 0.29) is 18.1 Å². The summed E-state index contributed by atoms with van der Waals surface area (Å²) < 4.78 is 13.2. The number of benzene rings is 1. The van der Waals surface area contributed by atoms with E-state index in [1.54, 1.807) is 17.9 Å². The van der Waals surface area contributed by atoms with Crippen molar-refractivity contribution >= 4 is 11.7 Å². The molecular weight excluding hydrogens is 271 g/mol. The zero-order chi connectivity index (χ0) is 15.2. The van der Waals surface area contributed by atoms with Crippen LogP contribution in [-0.4, -0.2) is 42.8 Å². The molecule has 1 aromatic carbocycles. The predicted octanol–water partition coefficient (Wildman–Crippen LogP) is 1.86. The van der Waals surface area contributed by atoms with Crippen LogP contribution < -0.4 is 5.32 Å². The van der Waals surface area contributed by atoms with E-state index in [1.807, 2.05) is 0 Å². The molecule has 1 heterocycles. The van der Waals surface area contributed by atoms with Crippen LogP contribution in [0.3, 0.4) is 0 Å². The van der Waals surface area contributed by atoms with Gasteiger partial charge in [0.25, 0.3) is 0 Å². The van der Waals surface area contributed by atoms with Gasteiger partial charge in [0.15, 0.2) is 5.78 Å². The molecule has 1 aliphatic heterocycles. The summed E-state index contributed by atoms with van der Waals surface area (Å²) in [6, 6.07) is 5.62. The molecule has 1 amide bonds. The number of rotatable bonds is 4. The zero-order valence-electron chi connectivity index (χ0n) is 12.3. The lowest BCUT2D eigenvalue weighted by Gasteiger charge is -2.21. The molecule has 4 nitrogen and oxygen atoms in total. The van der Waals surface area contributed by atoms with Gasteiger partial charge in [0.05, 0.1) is 0 Å². The zero-order valence-corrected chi connectivity index (χ0v) is 12.3. The van der Waals surface area contributed by atoms with E-state index >= 15 is 0 Å². The standard InChI is InChI=1S/C16H21FN2O2/c1-12(16(21)13-4-2-5-14(17)11-13)10-15(20)19-8-3-6-18-7-9-19/h2,4-5,11-12,18H,3,6-10H2,1H3. The molecule has 0 spiro atoms. The van der Waals surface area contributed by atoms with E-state index in [9.17, 15) is 14.0 Å². The molecule has 1 unspecified atom stereocenters. The van der Waals surface area contributed by atoms with Gasteiger partial charge >= 0.3 is 0 Å². The second kappa shape index (κ2) is 7.31. The Morgan fingerprint density at radius 1 is 1.33 bits per heavy atom. The van der Waals surface area contributed by atoms with Crippen molar-refractivity contribution in [3.8, 4) is 0 Å². The second-order valence-corrected chi connectivity index (χ2v) is 5.46. The lowest BCUT2D eigenvalue weighted by atomic mass is 9.96. The molecular formula is C16H21FN2O2. The lowest BCUT2D eigenvalue weighted by Crippen LogP contribution is -2.35. The number of amides is 1. The van der Waals surface area contributed by atoms with Crippen LogP contribution in [0.1, 0.15) is 30.1 Å². The van der Waals surface area contributed by atoms with Gasteiger partial charge in [-0.15, -0.1) is 0 Å². The lowest BCUT2D eigenvalue weighted by molar-refractivity contribution is -0.131. The molecule has 21 heavy (non-hydrogen) atoms. The van der Waals surface area contributed by atoms with Crippen LogP contribution >= 0.6 is 0 Å². The van der Waals surface area contributed by atoms with E-state index in [4.69, 9.17) is 0 Å². The molecule has 0 aromatic heterocycles. The Morgan fingerprint density at radius 2 is 2.14 bits per heavy atom. The van der Waals surface area contributed by atoms with Crippen molar-refractivity contribution in [2.24, 2.45) is 5.92 Å². The molecule has 1 aromatic rings. The van der Waals surface area contributed by atoms with Gasteiger partial charge in [0.1, 0.15) is 5.82 Å². The van der Waals surface area contributed by atoms with Gasteiger partial charge in [0.2, 0.25) is 5.91 Å². The van der Waals surface area contributed by atoms with Gasteiger partial charge in [0, 0.05) is 37.5 Å². The van der Waals surface area contributed by atoms with E-state index < -0.39 is 11.7 Å². The highest BCUT2D eigenvalue weighted by atomic mass is 19.1. The maximum Gasteiger partial charge on any atom is 0.223 e. The molecule has 1 N–H and O–H groups in total. The third-order valence-corrected chi connectivity index (χ3v) is 3.73. The molecule has 0 saturated carbocycles. The van der Waals surface area contributed by atoms with Gasteiger partial charge in [-0.3, -0.25) is 9.59 Å². The van der Waals surface area contributed by atoms with Crippen LogP contribution in [0.2, 0.25) is 0 Å². The summed E-state index contributed by atoms with van der Waals surface area (Å²) in [5.74, 6) is -1.06. The number of Topliss-reactive ketones (excluding diaryl/α,β-unsaturated/α-hetero) is 1. The number of nitrogens with one attached hydrogen (secondary N) is 1. The van der Waals surface area contributed by atoms with Crippen molar-refractivity contribution in [3.63, 3.8) is 0 Å². The van der Waals surface area contributed by atoms with Gasteiger partial charge in [-0.1, -0.05) is 19.1 Å². The number of carbonyl (C=O) groups is 2. The summed E-state index contributed by atoms with van der Waals surface area (Å²) >= 11 is 0. The molecule has 0 radical (unpaired) electrons. The fourth-order valence-electron chi connectivity index (χ4n) is 2.51. The number of nitrogens with zero attached hydrogens (tertiary/aromatic N) is 1. The van der Waals surface area contributed by atoms with Crippen LogP contribution in [0.15, 0.2) is 24.3 Å². The summed E-state index contributed by atoms with van der Waals surface area (Å²) in [5.41, 5.74) is 0.327. The fraction of sp³-hybridized carbons (Fsp3) is 0.500. The van der Waals surface area contributed by atoms with Crippen LogP contribution in [0.4, 0.5) is 4.39 Å². The average Bonchev–Trinajstić information content (AvgIpc) is 2.75.